The molecule has 0 aliphatic carbocycles. The molecule has 1 aromatic rings. The third-order valence-electron chi connectivity index (χ3n) is 4.56. The maximum atomic E-state index is 3.52. The van der Waals surface area contributed by atoms with E-state index in [-0.39, 0.29) is 12.4 Å². The predicted molar refractivity (Wildman–Crippen MR) is 82.7 cm³/mol. The summed E-state index contributed by atoms with van der Waals surface area (Å²) in [6.45, 7) is 6.22. The summed E-state index contributed by atoms with van der Waals surface area (Å²) in [4.78, 5) is 2.65. The Labute approximate surface area is 123 Å². The van der Waals surface area contributed by atoms with Gasteiger partial charge in [-0.3, -0.25) is 4.90 Å². The molecular formula is C16H25ClN2. The van der Waals surface area contributed by atoms with Crippen molar-refractivity contribution in [2.75, 3.05) is 26.2 Å². The quantitative estimate of drug-likeness (QED) is 0.916. The van der Waals surface area contributed by atoms with Gasteiger partial charge in [-0.1, -0.05) is 30.3 Å². The fourth-order valence-electron chi connectivity index (χ4n) is 3.54. The van der Waals surface area contributed by atoms with E-state index in [1.165, 1.54) is 51.0 Å². The van der Waals surface area contributed by atoms with E-state index in [2.05, 4.69) is 40.5 Å². The Balaban J connectivity index is 0.00000133. The van der Waals surface area contributed by atoms with Gasteiger partial charge >= 0.3 is 0 Å². The molecule has 2 heterocycles. The Bertz CT molecular complexity index is 362. The number of nitrogens with one attached hydrogen (secondary N) is 1. The molecule has 2 fully saturated rings. The number of benzene rings is 1. The molecule has 2 saturated heterocycles. The molecule has 2 atom stereocenters. The molecule has 19 heavy (non-hydrogen) atoms. The monoisotopic (exact) mass is 280 g/mol. The van der Waals surface area contributed by atoms with Gasteiger partial charge in [0.05, 0.1) is 0 Å². The van der Waals surface area contributed by atoms with E-state index >= 15 is 0 Å². The molecule has 106 valence electrons. The minimum atomic E-state index is 0. The van der Waals surface area contributed by atoms with Crippen LogP contribution in [0.5, 0.6) is 0 Å². The largest absolute Gasteiger partial charge is 0.316 e. The maximum Gasteiger partial charge on any atom is 0.0233 e. The predicted octanol–water partition coefficient (Wildman–Crippen LogP) is 2.93. The molecule has 0 amide bonds. The van der Waals surface area contributed by atoms with E-state index in [1.807, 2.05) is 0 Å². The van der Waals surface area contributed by atoms with Crippen LogP contribution in [-0.2, 0) is 6.54 Å². The summed E-state index contributed by atoms with van der Waals surface area (Å²) < 4.78 is 0. The third kappa shape index (κ3) is 3.95. The van der Waals surface area contributed by atoms with Crippen LogP contribution in [0, 0.1) is 11.8 Å². The van der Waals surface area contributed by atoms with Gasteiger partial charge in [-0.25, -0.2) is 0 Å². The van der Waals surface area contributed by atoms with Crippen molar-refractivity contribution < 1.29 is 0 Å². The van der Waals surface area contributed by atoms with Crippen LogP contribution in [0.2, 0.25) is 0 Å². The van der Waals surface area contributed by atoms with Crippen LogP contribution in [0.15, 0.2) is 30.3 Å². The minimum absolute atomic E-state index is 0. The van der Waals surface area contributed by atoms with E-state index in [4.69, 9.17) is 0 Å². The fourth-order valence-corrected chi connectivity index (χ4v) is 3.54. The number of halogens is 1. The van der Waals surface area contributed by atoms with Gasteiger partial charge in [0.15, 0.2) is 0 Å². The number of rotatable bonds is 3. The van der Waals surface area contributed by atoms with Gasteiger partial charge < -0.3 is 5.32 Å². The molecule has 3 rings (SSSR count). The Morgan fingerprint density at radius 1 is 1.11 bits per heavy atom. The van der Waals surface area contributed by atoms with Crippen molar-refractivity contribution in [2.45, 2.75) is 25.8 Å². The number of piperidine rings is 1. The van der Waals surface area contributed by atoms with Crippen LogP contribution >= 0.6 is 12.4 Å². The summed E-state index contributed by atoms with van der Waals surface area (Å²) in [5.74, 6) is 1.86. The summed E-state index contributed by atoms with van der Waals surface area (Å²) in [6.07, 6.45) is 4.22. The van der Waals surface area contributed by atoms with Gasteiger partial charge in [0, 0.05) is 13.1 Å². The molecule has 2 unspecified atom stereocenters. The molecule has 3 heteroatoms. The summed E-state index contributed by atoms with van der Waals surface area (Å²) in [5, 5.41) is 3.52. The first-order chi connectivity index (χ1) is 8.92. The molecule has 0 bridgehead atoms. The van der Waals surface area contributed by atoms with Gasteiger partial charge in [0.25, 0.3) is 0 Å². The smallest absolute Gasteiger partial charge is 0.0233 e. The highest BCUT2D eigenvalue weighted by molar-refractivity contribution is 5.85. The van der Waals surface area contributed by atoms with E-state index in [0.29, 0.717) is 0 Å². The zero-order valence-corrected chi connectivity index (χ0v) is 12.4. The highest BCUT2D eigenvalue weighted by Gasteiger charge is 2.28. The van der Waals surface area contributed by atoms with E-state index in [9.17, 15) is 0 Å². The standard InChI is InChI=1S/C16H24N2.ClH/c1-2-5-14(6-3-1)12-18-10-4-7-16(13-18)15-8-9-17-11-15;/h1-3,5-6,15-17H,4,7-13H2;1H. The molecule has 2 aliphatic heterocycles. The number of likely N-dealkylation sites (tertiary alicyclic amines) is 1. The molecule has 0 radical (unpaired) electrons. The Hall–Kier alpha value is -0.570. The average molecular weight is 281 g/mol. The van der Waals surface area contributed by atoms with Crippen molar-refractivity contribution in [2.24, 2.45) is 11.8 Å². The van der Waals surface area contributed by atoms with E-state index in [1.54, 1.807) is 0 Å². The number of nitrogens with zero attached hydrogens (tertiary/aromatic N) is 1. The van der Waals surface area contributed by atoms with Crippen LogP contribution < -0.4 is 5.32 Å². The molecule has 0 aromatic heterocycles. The second kappa shape index (κ2) is 7.28. The van der Waals surface area contributed by atoms with Crippen LogP contribution in [-0.4, -0.2) is 31.1 Å². The van der Waals surface area contributed by atoms with Crippen LogP contribution in [0.25, 0.3) is 0 Å². The summed E-state index contributed by atoms with van der Waals surface area (Å²) in [5.41, 5.74) is 1.46. The normalized spacial score (nSPS) is 28.0. The lowest BCUT2D eigenvalue weighted by atomic mass is 9.85. The molecule has 0 spiro atoms. The van der Waals surface area contributed by atoms with Crippen molar-refractivity contribution in [1.29, 1.82) is 0 Å². The van der Waals surface area contributed by atoms with Crippen molar-refractivity contribution >= 4 is 12.4 Å². The van der Waals surface area contributed by atoms with Gasteiger partial charge in [-0.05, 0) is 56.3 Å². The number of hydrogen-bond donors (Lipinski definition) is 1. The summed E-state index contributed by atoms with van der Waals surface area (Å²) in [6, 6.07) is 10.9. The third-order valence-corrected chi connectivity index (χ3v) is 4.56. The van der Waals surface area contributed by atoms with Gasteiger partial charge in [-0.2, -0.15) is 0 Å². The second-order valence-corrected chi connectivity index (χ2v) is 5.88. The van der Waals surface area contributed by atoms with Crippen LogP contribution in [0.3, 0.4) is 0 Å². The zero-order valence-electron chi connectivity index (χ0n) is 11.6. The lowest BCUT2D eigenvalue weighted by Gasteiger charge is -2.35. The van der Waals surface area contributed by atoms with Gasteiger partial charge in [0.1, 0.15) is 0 Å². The molecule has 2 nitrogen and oxygen atoms in total. The molecule has 1 N–H and O–H groups in total. The second-order valence-electron chi connectivity index (χ2n) is 5.88. The van der Waals surface area contributed by atoms with Crippen LogP contribution in [0.1, 0.15) is 24.8 Å². The lowest BCUT2D eigenvalue weighted by Crippen LogP contribution is -2.38. The van der Waals surface area contributed by atoms with Crippen molar-refractivity contribution in [3.63, 3.8) is 0 Å². The highest BCUT2D eigenvalue weighted by atomic mass is 35.5. The van der Waals surface area contributed by atoms with E-state index in [0.717, 1.165) is 18.4 Å². The Morgan fingerprint density at radius 2 is 1.95 bits per heavy atom. The van der Waals surface area contributed by atoms with Crippen LogP contribution in [0.4, 0.5) is 0 Å². The van der Waals surface area contributed by atoms with Gasteiger partial charge in [0.2, 0.25) is 0 Å². The topological polar surface area (TPSA) is 15.3 Å². The Kier molecular flexibility index (Phi) is 5.68. The maximum absolute atomic E-state index is 3.52. The number of hydrogen-bond acceptors (Lipinski definition) is 2. The first-order valence-electron chi connectivity index (χ1n) is 7.39. The van der Waals surface area contributed by atoms with E-state index < -0.39 is 0 Å². The SMILES string of the molecule is Cl.c1ccc(CN2CCCC(C3CCNC3)C2)cc1. The van der Waals surface area contributed by atoms with Crippen molar-refractivity contribution in [3.05, 3.63) is 35.9 Å². The molecular weight excluding hydrogens is 256 g/mol. The molecule has 0 saturated carbocycles. The average Bonchev–Trinajstić information content (AvgIpc) is 2.94. The van der Waals surface area contributed by atoms with Crippen molar-refractivity contribution in [1.82, 2.24) is 10.2 Å². The summed E-state index contributed by atoms with van der Waals surface area (Å²) >= 11 is 0. The zero-order chi connectivity index (χ0) is 12.2. The fraction of sp³-hybridized carbons (Fsp3) is 0.625. The van der Waals surface area contributed by atoms with Crippen molar-refractivity contribution in [3.8, 4) is 0 Å². The highest BCUT2D eigenvalue weighted by Crippen LogP contribution is 2.28. The summed E-state index contributed by atoms with van der Waals surface area (Å²) in [7, 11) is 0. The molecule has 1 aromatic carbocycles. The van der Waals surface area contributed by atoms with Gasteiger partial charge in [-0.15, -0.1) is 12.4 Å². The molecule has 2 aliphatic rings. The Morgan fingerprint density at radius 3 is 2.68 bits per heavy atom. The lowest BCUT2D eigenvalue weighted by molar-refractivity contribution is 0.134. The first-order valence-corrected chi connectivity index (χ1v) is 7.39. The first kappa shape index (κ1) is 14.8. The minimum Gasteiger partial charge on any atom is -0.316 e.